The first-order valence-electron chi connectivity index (χ1n) is 7.75. The summed E-state index contributed by atoms with van der Waals surface area (Å²) in [5.74, 6) is 0. The van der Waals surface area contributed by atoms with E-state index in [0.717, 1.165) is 37.7 Å². The lowest BCUT2D eigenvalue weighted by atomic mass is 10.2. The quantitative estimate of drug-likeness (QED) is 0.685. The van der Waals surface area contributed by atoms with Crippen LogP contribution in [0.4, 0.5) is 0 Å². The third kappa shape index (κ3) is 3.55. The third-order valence-corrected chi connectivity index (χ3v) is 5.93. The second-order valence-electron chi connectivity index (χ2n) is 5.15. The zero-order valence-electron chi connectivity index (χ0n) is 12.6. The molecule has 1 aliphatic heterocycles. The van der Waals surface area contributed by atoms with Crippen molar-refractivity contribution in [1.29, 1.82) is 0 Å². The molecule has 1 heterocycles. The van der Waals surface area contributed by atoms with Gasteiger partial charge in [0.15, 0.2) is 0 Å². The number of nitrogens with zero attached hydrogens (tertiary/aromatic N) is 1. The zero-order chi connectivity index (χ0) is 14.4. The predicted octanol–water partition coefficient (Wildman–Crippen LogP) is 4.30. The van der Waals surface area contributed by atoms with Crippen molar-refractivity contribution in [3.8, 4) is 0 Å². The van der Waals surface area contributed by atoms with Crippen molar-refractivity contribution in [2.24, 2.45) is 0 Å². The maximum absolute atomic E-state index is 13.1. The fraction of sp³-hybridized carbons (Fsp3) is 0.733. The second-order valence-corrected chi connectivity index (χ2v) is 7.15. The van der Waals surface area contributed by atoms with Gasteiger partial charge in [-0.2, -0.15) is 0 Å². The molecular formula is C15H26NO3P. The molecular weight excluding hydrogens is 273 g/mol. The molecule has 0 N–H and O–H groups in total. The largest absolute Gasteiger partial charge is 0.374 e. The van der Waals surface area contributed by atoms with Gasteiger partial charge in [0.25, 0.3) is 0 Å². The maximum atomic E-state index is 13.1. The van der Waals surface area contributed by atoms with Crippen LogP contribution in [0.2, 0.25) is 0 Å². The van der Waals surface area contributed by atoms with Crippen LogP contribution in [-0.2, 0) is 13.6 Å². The number of rotatable bonds is 6. The molecule has 5 heteroatoms. The molecule has 0 bridgehead atoms. The number of likely N-dealkylation sites (tertiary alicyclic amines) is 1. The van der Waals surface area contributed by atoms with E-state index in [1.807, 2.05) is 19.9 Å². The molecule has 0 aromatic carbocycles. The van der Waals surface area contributed by atoms with Crippen molar-refractivity contribution in [3.63, 3.8) is 0 Å². The Hall–Kier alpha value is -0.570. The van der Waals surface area contributed by atoms with Crippen LogP contribution in [0.5, 0.6) is 0 Å². The van der Waals surface area contributed by atoms with Gasteiger partial charge in [-0.3, -0.25) is 4.57 Å². The number of hydrogen-bond donors (Lipinski definition) is 0. The normalized spacial score (nSPS) is 20.6. The van der Waals surface area contributed by atoms with Crippen molar-refractivity contribution in [2.45, 2.75) is 46.0 Å². The molecule has 0 atom stereocenters. The van der Waals surface area contributed by atoms with Gasteiger partial charge in [0.2, 0.25) is 0 Å². The van der Waals surface area contributed by atoms with Crippen LogP contribution < -0.4 is 0 Å². The first kappa shape index (κ1) is 15.8. The van der Waals surface area contributed by atoms with Crippen LogP contribution in [-0.4, -0.2) is 31.2 Å². The van der Waals surface area contributed by atoms with Crippen molar-refractivity contribution in [1.82, 2.24) is 4.90 Å². The Morgan fingerprint density at radius 1 is 1.15 bits per heavy atom. The summed E-state index contributed by atoms with van der Waals surface area (Å²) in [6.45, 7) is 6.66. The molecule has 1 fully saturated rings. The molecule has 2 aliphatic rings. The highest BCUT2D eigenvalue weighted by atomic mass is 31.2. The SMILES string of the molecule is CCOP(=O)(OCC)C1=C(N2CCCC2)CCCC=C1. The highest BCUT2D eigenvalue weighted by Gasteiger charge is 2.33. The van der Waals surface area contributed by atoms with E-state index >= 15 is 0 Å². The Balaban J connectivity index is 2.39. The number of allylic oxidation sites excluding steroid dienone is 4. The van der Waals surface area contributed by atoms with E-state index in [9.17, 15) is 4.57 Å². The fourth-order valence-corrected chi connectivity index (χ4v) is 4.77. The first-order chi connectivity index (χ1) is 9.71. The van der Waals surface area contributed by atoms with Crippen molar-refractivity contribution in [3.05, 3.63) is 23.2 Å². The minimum absolute atomic E-state index is 0.405. The predicted molar refractivity (Wildman–Crippen MR) is 81.7 cm³/mol. The number of hydrogen-bond acceptors (Lipinski definition) is 4. The first-order valence-corrected chi connectivity index (χ1v) is 9.30. The average molecular weight is 299 g/mol. The summed E-state index contributed by atoms with van der Waals surface area (Å²) in [6.07, 6.45) is 9.60. The fourth-order valence-electron chi connectivity index (χ4n) is 2.88. The van der Waals surface area contributed by atoms with Gasteiger partial charge in [0.05, 0.1) is 18.5 Å². The zero-order valence-corrected chi connectivity index (χ0v) is 13.5. The maximum Gasteiger partial charge on any atom is 0.363 e. The molecule has 0 radical (unpaired) electrons. The van der Waals surface area contributed by atoms with Crippen molar-refractivity contribution in [2.75, 3.05) is 26.3 Å². The lowest BCUT2D eigenvalue weighted by molar-refractivity contribution is 0.226. The van der Waals surface area contributed by atoms with Gasteiger partial charge < -0.3 is 13.9 Å². The van der Waals surface area contributed by atoms with Gasteiger partial charge in [-0.15, -0.1) is 0 Å². The summed E-state index contributed by atoms with van der Waals surface area (Å²) < 4.78 is 24.2. The van der Waals surface area contributed by atoms with Crippen LogP contribution in [0.15, 0.2) is 23.2 Å². The summed E-state index contributed by atoms with van der Waals surface area (Å²) in [5, 5.41) is 0.792. The Morgan fingerprint density at radius 3 is 2.40 bits per heavy atom. The van der Waals surface area contributed by atoms with E-state index in [-0.39, 0.29) is 0 Å². The van der Waals surface area contributed by atoms with Crippen LogP contribution in [0.3, 0.4) is 0 Å². The molecule has 114 valence electrons. The van der Waals surface area contributed by atoms with Gasteiger partial charge in [-0.25, -0.2) is 0 Å². The van der Waals surface area contributed by atoms with E-state index in [2.05, 4.69) is 11.0 Å². The van der Waals surface area contributed by atoms with E-state index in [0.29, 0.717) is 13.2 Å². The molecule has 4 nitrogen and oxygen atoms in total. The van der Waals surface area contributed by atoms with E-state index in [1.165, 1.54) is 18.5 Å². The molecule has 0 unspecified atom stereocenters. The molecule has 0 saturated carbocycles. The van der Waals surface area contributed by atoms with E-state index in [1.54, 1.807) is 0 Å². The smallest absolute Gasteiger partial charge is 0.363 e. The second kappa shape index (κ2) is 7.44. The summed E-state index contributed by atoms with van der Waals surface area (Å²) in [5.41, 5.74) is 1.18. The molecule has 2 rings (SSSR count). The average Bonchev–Trinajstić information content (AvgIpc) is 2.83. The Bertz CT molecular complexity index is 415. The van der Waals surface area contributed by atoms with Crippen LogP contribution in [0, 0.1) is 0 Å². The van der Waals surface area contributed by atoms with E-state index in [4.69, 9.17) is 9.05 Å². The van der Waals surface area contributed by atoms with Gasteiger partial charge in [-0.05, 0) is 52.0 Å². The monoisotopic (exact) mass is 299 g/mol. The topological polar surface area (TPSA) is 38.8 Å². The Morgan fingerprint density at radius 2 is 1.80 bits per heavy atom. The molecule has 0 aromatic rings. The van der Waals surface area contributed by atoms with Crippen molar-refractivity contribution < 1.29 is 13.6 Å². The molecule has 1 aliphatic carbocycles. The van der Waals surface area contributed by atoms with E-state index < -0.39 is 7.60 Å². The van der Waals surface area contributed by atoms with Crippen LogP contribution >= 0.6 is 7.60 Å². The Labute approximate surface area is 122 Å². The molecule has 1 saturated heterocycles. The summed E-state index contributed by atoms with van der Waals surface area (Å²) >= 11 is 0. The van der Waals surface area contributed by atoms with Gasteiger partial charge in [0.1, 0.15) is 0 Å². The minimum Gasteiger partial charge on any atom is -0.374 e. The molecule has 0 spiro atoms. The van der Waals surface area contributed by atoms with Crippen LogP contribution in [0.25, 0.3) is 0 Å². The van der Waals surface area contributed by atoms with Gasteiger partial charge in [-0.1, -0.05) is 6.08 Å². The standard InChI is InChI=1S/C15H26NO3P/c1-3-18-20(17,19-4-2)15-11-7-5-6-10-14(15)16-12-8-9-13-16/h7,11H,3-6,8-10,12-13H2,1-2H3. The molecule has 0 amide bonds. The minimum atomic E-state index is -3.18. The van der Waals surface area contributed by atoms with Crippen molar-refractivity contribution >= 4 is 7.60 Å². The lowest BCUT2D eigenvalue weighted by Crippen LogP contribution is -2.20. The highest BCUT2D eigenvalue weighted by molar-refractivity contribution is 7.58. The van der Waals surface area contributed by atoms with Gasteiger partial charge >= 0.3 is 7.60 Å². The highest BCUT2D eigenvalue weighted by Crippen LogP contribution is 2.59. The summed E-state index contributed by atoms with van der Waals surface area (Å²) in [6, 6.07) is 0. The molecule has 20 heavy (non-hydrogen) atoms. The summed E-state index contributed by atoms with van der Waals surface area (Å²) in [7, 11) is -3.18. The van der Waals surface area contributed by atoms with Crippen LogP contribution in [0.1, 0.15) is 46.0 Å². The van der Waals surface area contributed by atoms with Gasteiger partial charge in [0, 0.05) is 18.8 Å². The molecule has 0 aromatic heterocycles. The summed E-state index contributed by atoms with van der Waals surface area (Å²) in [4.78, 5) is 2.37. The third-order valence-electron chi connectivity index (χ3n) is 3.74. The Kier molecular flexibility index (Phi) is 5.88. The lowest BCUT2D eigenvalue weighted by Gasteiger charge is -2.27.